The Labute approximate surface area is 237 Å². The van der Waals surface area contributed by atoms with Crippen molar-refractivity contribution in [2.75, 3.05) is 19.0 Å². The molecule has 5 unspecified atom stereocenters. The number of aliphatic hydroxyl groups is 1. The van der Waals surface area contributed by atoms with Crippen LogP contribution in [0.2, 0.25) is 0 Å². The van der Waals surface area contributed by atoms with Crippen LogP contribution in [-0.2, 0) is 4.79 Å². The van der Waals surface area contributed by atoms with Crippen LogP contribution in [0.5, 0.6) is 0 Å². The van der Waals surface area contributed by atoms with Gasteiger partial charge in [-0.05, 0) is 110 Å². The number of aryl methyl sites for hydroxylation is 1. The van der Waals surface area contributed by atoms with Crippen molar-refractivity contribution in [1.82, 2.24) is 4.98 Å². The van der Waals surface area contributed by atoms with Crippen molar-refractivity contribution >= 4 is 12.0 Å². The number of rotatable bonds is 5. The Kier molecular flexibility index (Phi) is 11.1. The molecule has 0 saturated heterocycles. The number of hydrogen-bond donors (Lipinski definition) is 1. The molecule has 3 aliphatic rings. The minimum absolute atomic E-state index is 0.0117. The van der Waals surface area contributed by atoms with E-state index < -0.39 is 0 Å². The summed E-state index contributed by atoms with van der Waals surface area (Å²) in [6.07, 6.45) is 11.7. The first-order valence-corrected chi connectivity index (χ1v) is 15.0. The monoisotopic (exact) mass is 530 g/mol. The third-order valence-corrected chi connectivity index (χ3v) is 9.12. The fourth-order valence-corrected chi connectivity index (χ4v) is 7.23. The Bertz CT molecular complexity index is 1120. The fourth-order valence-electron chi connectivity index (χ4n) is 7.23. The van der Waals surface area contributed by atoms with Gasteiger partial charge in [-0.25, -0.2) is 0 Å². The highest BCUT2D eigenvalue weighted by Crippen LogP contribution is 2.63. The van der Waals surface area contributed by atoms with Crippen molar-refractivity contribution < 1.29 is 9.90 Å². The van der Waals surface area contributed by atoms with E-state index in [0.717, 1.165) is 56.9 Å². The topological polar surface area (TPSA) is 53.4 Å². The molecule has 212 valence electrons. The van der Waals surface area contributed by atoms with Crippen molar-refractivity contribution in [3.05, 3.63) is 82.7 Å². The zero-order valence-electron chi connectivity index (χ0n) is 25.3. The average Bonchev–Trinajstić information content (AvgIpc) is 3.25. The van der Waals surface area contributed by atoms with E-state index in [-0.39, 0.29) is 11.5 Å². The minimum atomic E-state index is -0.200. The first-order chi connectivity index (χ1) is 18.8. The summed E-state index contributed by atoms with van der Waals surface area (Å²) < 4.78 is 0. The van der Waals surface area contributed by atoms with Crippen LogP contribution in [0.1, 0.15) is 89.8 Å². The van der Waals surface area contributed by atoms with E-state index in [4.69, 9.17) is 0 Å². The van der Waals surface area contributed by atoms with Gasteiger partial charge in [0.25, 0.3) is 0 Å². The van der Waals surface area contributed by atoms with Crippen molar-refractivity contribution in [1.29, 1.82) is 0 Å². The number of anilines is 1. The van der Waals surface area contributed by atoms with Gasteiger partial charge in [0.05, 0.1) is 6.10 Å². The number of aldehydes is 1. The van der Waals surface area contributed by atoms with Gasteiger partial charge >= 0.3 is 0 Å². The summed E-state index contributed by atoms with van der Waals surface area (Å²) in [5.74, 6) is 1.42. The molecule has 0 aliphatic heterocycles. The third kappa shape index (κ3) is 6.72. The molecular weight excluding hydrogens is 480 g/mol. The van der Waals surface area contributed by atoms with Crippen molar-refractivity contribution in [3.63, 3.8) is 0 Å². The molecule has 2 aromatic rings. The molecule has 0 spiro atoms. The lowest BCUT2D eigenvalue weighted by atomic mass is 9.53. The Morgan fingerprint density at radius 3 is 2.33 bits per heavy atom. The van der Waals surface area contributed by atoms with Crippen LogP contribution in [0.4, 0.5) is 5.69 Å². The number of fused-ring (bicyclic) bond motifs is 3. The Morgan fingerprint density at radius 1 is 1.08 bits per heavy atom. The molecule has 0 bridgehead atoms. The fraction of sp³-hybridized carbons (Fsp3) is 0.543. The molecule has 1 aromatic heterocycles. The highest BCUT2D eigenvalue weighted by Gasteiger charge is 2.56. The number of pyridine rings is 1. The van der Waals surface area contributed by atoms with Gasteiger partial charge in [0, 0.05) is 37.6 Å². The highest BCUT2D eigenvalue weighted by molar-refractivity contribution is 5.69. The molecule has 0 radical (unpaired) electrons. The van der Waals surface area contributed by atoms with Gasteiger partial charge in [-0.1, -0.05) is 57.9 Å². The van der Waals surface area contributed by atoms with E-state index in [0.29, 0.717) is 17.8 Å². The first kappa shape index (κ1) is 30.8. The van der Waals surface area contributed by atoms with Gasteiger partial charge < -0.3 is 10.0 Å². The maximum absolute atomic E-state index is 11.4. The summed E-state index contributed by atoms with van der Waals surface area (Å²) in [5, 5.41) is 11.0. The normalized spacial score (nSPS) is 28.4. The standard InChI is InChI=1S/C27H37NO2.C6H7N.C2H6/c1-5-6-21-19(15-16-29)9-12-22-24-13-14-25(30)27(24,2)17-23(26(21)22)18-7-10-20(11-8-18)28(3)4;1-6-4-2-3-5-7-6;1-2/h7-8,10-11,15-16,22-25,30H,5-6,9,12-14,17H2,1-4H3;2-5H,1H3;1-2H3/b19-15-;;. The molecule has 5 rings (SSSR count). The van der Waals surface area contributed by atoms with E-state index >= 15 is 0 Å². The SMILES string of the molecule is CC.CCCC1=C2C(c3ccc(N(C)C)cc3)CC3(C)C(O)CCC3C2CC/C1=C/C=O.Cc1ccccn1. The van der Waals surface area contributed by atoms with E-state index in [1.54, 1.807) is 11.8 Å². The lowest BCUT2D eigenvalue weighted by molar-refractivity contribution is -0.104. The predicted octanol–water partition coefficient (Wildman–Crippen LogP) is 8.07. The first-order valence-electron chi connectivity index (χ1n) is 15.0. The summed E-state index contributed by atoms with van der Waals surface area (Å²) in [6, 6.07) is 14.9. The maximum atomic E-state index is 11.4. The molecule has 4 nitrogen and oxygen atoms in total. The van der Waals surface area contributed by atoms with Gasteiger partial charge in [-0.2, -0.15) is 0 Å². The second-order valence-corrected chi connectivity index (χ2v) is 11.6. The lowest BCUT2D eigenvalue weighted by Gasteiger charge is -2.51. The molecule has 3 aliphatic carbocycles. The summed E-state index contributed by atoms with van der Waals surface area (Å²) in [6.45, 7) is 10.5. The van der Waals surface area contributed by atoms with Gasteiger partial charge in [0.1, 0.15) is 6.29 Å². The molecule has 1 heterocycles. The van der Waals surface area contributed by atoms with Crippen LogP contribution in [0.25, 0.3) is 0 Å². The molecule has 1 aromatic carbocycles. The quantitative estimate of drug-likeness (QED) is 0.314. The largest absolute Gasteiger partial charge is 0.393 e. The average molecular weight is 531 g/mol. The minimum Gasteiger partial charge on any atom is -0.393 e. The molecule has 0 amide bonds. The number of aromatic nitrogens is 1. The lowest BCUT2D eigenvalue weighted by Crippen LogP contribution is -2.44. The highest BCUT2D eigenvalue weighted by atomic mass is 16.3. The van der Waals surface area contributed by atoms with Gasteiger partial charge in [0.2, 0.25) is 0 Å². The van der Waals surface area contributed by atoms with E-state index in [1.807, 2.05) is 45.0 Å². The molecule has 1 N–H and O–H groups in total. The van der Waals surface area contributed by atoms with Gasteiger partial charge in [-0.3, -0.25) is 9.78 Å². The van der Waals surface area contributed by atoms with Crippen LogP contribution in [-0.4, -0.2) is 36.6 Å². The number of carbonyl (C=O) groups excluding carboxylic acids is 1. The van der Waals surface area contributed by atoms with Crippen LogP contribution in [0.3, 0.4) is 0 Å². The Balaban J connectivity index is 0.000000401. The number of benzene rings is 1. The molecule has 2 fully saturated rings. The van der Waals surface area contributed by atoms with Crippen LogP contribution in [0.15, 0.2) is 71.5 Å². The Morgan fingerprint density at radius 2 is 1.79 bits per heavy atom. The molecular formula is C35H50N2O2. The van der Waals surface area contributed by atoms with Gasteiger partial charge in [-0.15, -0.1) is 0 Å². The maximum Gasteiger partial charge on any atom is 0.143 e. The smallest absolute Gasteiger partial charge is 0.143 e. The van der Waals surface area contributed by atoms with Crippen molar-refractivity contribution in [2.45, 2.75) is 91.6 Å². The van der Waals surface area contributed by atoms with E-state index in [1.165, 1.54) is 22.4 Å². The van der Waals surface area contributed by atoms with E-state index in [9.17, 15) is 9.90 Å². The predicted molar refractivity (Wildman–Crippen MR) is 164 cm³/mol. The summed E-state index contributed by atoms with van der Waals surface area (Å²) in [7, 11) is 4.15. The summed E-state index contributed by atoms with van der Waals surface area (Å²) in [5.41, 5.74) is 7.93. The second kappa shape index (κ2) is 14.1. The molecule has 2 saturated carbocycles. The number of aliphatic hydroxyl groups excluding tert-OH is 1. The van der Waals surface area contributed by atoms with Gasteiger partial charge in [0.15, 0.2) is 0 Å². The zero-order valence-corrected chi connectivity index (χ0v) is 25.3. The number of allylic oxidation sites excluding steroid dienone is 4. The van der Waals surface area contributed by atoms with Crippen LogP contribution >= 0.6 is 0 Å². The number of carbonyl (C=O) groups is 1. The van der Waals surface area contributed by atoms with Crippen molar-refractivity contribution in [3.8, 4) is 0 Å². The molecule has 4 heteroatoms. The van der Waals surface area contributed by atoms with E-state index in [2.05, 4.69) is 62.1 Å². The molecule has 5 atom stereocenters. The third-order valence-electron chi connectivity index (χ3n) is 9.12. The number of nitrogens with zero attached hydrogens (tertiary/aromatic N) is 2. The van der Waals surface area contributed by atoms with Crippen LogP contribution < -0.4 is 4.90 Å². The molecule has 39 heavy (non-hydrogen) atoms. The number of hydrogen-bond acceptors (Lipinski definition) is 4. The Hall–Kier alpha value is -2.72. The zero-order chi connectivity index (χ0) is 28.6. The summed E-state index contributed by atoms with van der Waals surface area (Å²) >= 11 is 0. The van der Waals surface area contributed by atoms with Crippen LogP contribution in [0, 0.1) is 24.2 Å². The second-order valence-electron chi connectivity index (χ2n) is 11.6. The van der Waals surface area contributed by atoms with Crippen molar-refractivity contribution in [2.24, 2.45) is 17.3 Å². The summed E-state index contributed by atoms with van der Waals surface area (Å²) in [4.78, 5) is 17.5.